The van der Waals surface area contributed by atoms with E-state index in [0.29, 0.717) is 6.04 Å². The number of hydrogen-bond donors (Lipinski definition) is 1. The Morgan fingerprint density at radius 2 is 1.80 bits per heavy atom. The third kappa shape index (κ3) is 1.78. The highest BCUT2D eigenvalue weighted by atomic mass is 16.2. The van der Waals surface area contributed by atoms with Crippen molar-refractivity contribution < 1.29 is 4.79 Å². The minimum Gasteiger partial charge on any atom is -0.310 e. The molecule has 4 rings (SSSR count). The third-order valence-electron chi connectivity index (χ3n) is 4.27. The number of para-hydroxylation sites is 1. The van der Waals surface area contributed by atoms with E-state index in [4.69, 9.17) is 0 Å². The quantitative estimate of drug-likeness (QED) is 0.784. The van der Waals surface area contributed by atoms with Crippen molar-refractivity contribution in [2.24, 2.45) is 0 Å². The molecule has 2 amide bonds. The maximum Gasteiger partial charge on any atom is 0.322 e. The zero-order valence-electron chi connectivity index (χ0n) is 11.1. The molecule has 1 saturated heterocycles. The molecule has 100 valence electrons. The molecular weight excluding hydrogens is 248 g/mol. The van der Waals surface area contributed by atoms with Crippen molar-refractivity contribution in [2.45, 2.75) is 24.9 Å². The van der Waals surface area contributed by atoms with Gasteiger partial charge in [-0.25, -0.2) is 4.79 Å². The van der Waals surface area contributed by atoms with Gasteiger partial charge in [0.05, 0.1) is 12.1 Å². The average Bonchev–Trinajstić information content (AvgIpc) is 3.23. The van der Waals surface area contributed by atoms with Crippen LogP contribution < -0.4 is 5.32 Å². The van der Waals surface area contributed by atoms with E-state index in [2.05, 4.69) is 29.6 Å². The summed E-state index contributed by atoms with van der Waals surface area (Å²) in [6.45, 7) is 0. The van der Waals surface area contributed by atoms with E-state index in [1.54, 1.807) is 0 Å². The van der Waals surface area contributed by atoms with Crippen molar-refractivity contribution in [3.05, 3.63) is 65.7 Å². The molecule has 0 saturated carbocycles. The smallest absolute Gasteiger partial charge is 0.310 e. The molecule has 0 spiro atoms. The van der Waals surface area contributed by atoms with Crippen LogP contribution in [0.25, 0.3) is 0 Å². The zero-order valence-corrected chi connectivity index (χ0v) is 11.1. The molecule has 2 atom stereocenters. The fraction of sp³-hybridized carbons (Fsp3) is 0.235. The first kappa shape index (κ1) is 11.5. The molecule has 1 aliphatic carbocycles. The molecule has 20 heavy (non-hydrogen) atoms. The molecule has 0 radical (unpaired) electrons. The number of carbonyl (C=O) groups excluding carboxylic acids is 1. The second-order valence-electron chi connectivity index (χ2n) is 5.45. The van der Waals surface area contributed by atoms with Crippen LogP contribution in [-0.2, 0) is 6.42 Å². The van der Waals surface area contributed by atoms with Crippen molar-refractivity contribution in [1.82, 2.24) is 4.90 Å². The maximum absolute atomic E-state index is 12.4. The lowest BCUT2D eigenvalue weighted by Crippen LogP contribution is -2.20. The molecule has 1 aliphatic heterocycles. The van der Waals surface area contributed by atoms with Gasteiger partial charge in [0.2, 0.25) is 0 Å². The van der Waals surface area contributed by atoms with Gasteiger partial charge >= 0.3 is 6.03 Å². The van der Waals surface area contributed by atoms with Crippen LogP contribution in [0.5, 0.6) is 0 Å². The predicted molar refractivity (Wildman–Crippen MR) is 78.6 cm³/mol. The zero-order chi connectivity index (χ0) is 13.5. The monoisotopic (exact) mass is 264 g/mol. The second-order valence-corrected chi connectivity index (χ2v) is 5.45. The summed E-state index contributed by atoms with van der Waals surface area (Å²) in [5.74, 6) is 0. The summed E-state index contributed by atoms with van der Waals surface area (Å²) in [6.07, 6.45) is 2.15. The van der Waals surface area contributed by atoms with E-state index >= 15 is 0 Å². The Morgan fingerprint density at radius 3 is 2.65 bits per heavy atom. The van der Waals surface area contributed by atoms with Crippen LogP contribution in [-0.4, -0.2) is 17.0 Å². The highest BCUT2D eigenvalue weighted by Gasteiger charge is 2.53. The summed E-state index contributed by atoms with van der Waals surface area (Å²) in [5, 5.41) is 2.98. The topological polar surface area (TPSA) is 32.1 Å². The Bertz CT molecular complexity index is 653. The largest absolute Gasteiger partial charge is 0.322 e. The number of nitrogens with zero attached hydrogens (tertiary/aromatic N) is 1. The van der Waals surface area contributed by atoms with Gasteiger partial charge in [0, 0.05) is 5.69 Å². The van der Waals surface area contributed by atoms with Crippen molar-refractivity contribution in [3.63, 3.8) is 0 Å². The van der Waals surface area contributed by atoms with E-state index in [-0.39, 0.29) is 12.1 Å². The van der Waals surface area contributed by atoms with Crippen molar-refractivity contribution in [1.29, 1.82) is 0 Å². The third-order valence-corrected chi connectivity index (χ3v) is 4.27. The number of urea groups is 1. The number of anilines is 1. The first-order chi connectivity index (χ1) is 9.84. The molecule has 1 fully saturated rings. The Balaban J connectivity index is 1.54. The van der Waals surface area contributed by atoms with Gasteiger partial charge in [-0.15, -0.1) is 0 Å². The summed E-state index contributed by atoms with van der Waals surface area (Å²) in [5.41, 5.74) is 3.57. The van der Waals surface area contributed by atoms with Crippen LogP contribution in [0.2, 0.25) is 0 Å². The molecule has 3 heteroatoms. The molecule has 0 bridgehead atoms. The number of nitrogens with one attached hydrogen (secondary N) is 1. The van der Waals surface area contributed by atoms with Crippen LogP contribution in [0.3, 0.4) is 0 Å². The Kier molecular flexibility index (Phi) is 2.52. The first-order valence-corrected chi connectivity index (χ1v) is 7.07. The van der Waals surface area contributed by atoms with E-state index in [1.807, 2.05) is 35.2 Å². The Hall–Kier alpha value is -2.29. The number of benzene rings is 2. The molecule has 1 heterocycles. The lowest BCUT2D eigenvalue weighted by Gasteiger charge is -2.11. The number of hydrogen-bond acceptors (Lipinski definition) is 1. The van der Waals surface area contributed by atoms with Crippen LogP contribution in [0.4, 0.5) is 10.5 Å². The highest BCUT2D eigenvalue weighted by Crippen LogP contribution is 2.50. The summed E-state index contributed by atoms with van der Waals surface area (Å²) in [7, 11) is 0. The number of rotatable bonds is 1. The predicted octanol–water partition coefficient (Wildman–Crippen LogP) is 3.59. The summed E-state index contributed by atoms with van der Waals surface area (Å²) in [6, 6.07) is 18.8. The van der Waals surface area contributed by atoms with Crippen LogP contribution in [0.15, 0.2) is 54.6 Å². The highest BCUT2D eigenvalue weighted by molar-refractivity contribution is 5.92. The molecule has 0 unspecified atom stereocenters. The number of aryl methyl sites for hydroxylation is 1. The first-order valence-electron chi connectivity index (χ1n) is 7.07. The van der Waals surface area contributed by atoms with Crippen LogP contribution in [0, 0.1) is 0 Å². The van der Waals surface area contributed by atoms with Crippen molar-refractivity contribution >= 4 is 11.7 Å². The number of fused-ring (bicyclic) bond motifs is 3. The van der Waals surface area contributed by atoms with Gasteiger partial charge in [-0.3, -0.25) is 0 Å². The SMILES string of the molecule is O=C(Nc1ccccc1)N1[C@H]2CCc3ccccc3[C@@H]21. The van der Waals surface area contributed by atoms with Crippen LogP contribution >= 0.6 is 0 Å². The van der Waals surface area contributed by atoms with Gasteiger partial charge in [-0.2, -0.15) is 0 Å². The standard InChI is InChI=1S/C17H16N2O/c20-17(18-13-7-2-1-3-8-13)19-15-11-10-12-6-4-5-9-14(12)16(15)19/h1-9,15-16H,10-11H2,(H,18,20)/t15-,16-,19?/m0/s1. The molecule has 1 N–H and O–H groups in total. The van der Waals surface area contributed by atoms with Crippen molar-refractivity contribution in [2.75, 3.05) is 5.32 Å². The number of carbonyl (C=O) groups is 1. The Morgan fingerprint density at radius 1 is 1.05 bits per heavy atom. The van der Waals surface area contributed by atoms with Gasteiger partial charge < -0.3 is 10.2 Å². The minimum absolute atomic E-state index is 0.0166. The lowest BCUT2D eigenvalue weighted by molar-refractivity contribution is 0.237. The number of amides is 2. The minimum atomic E-state index is 0.0166. The van der Waals surface area contributed by atoms with Gasteiger partial charge in [0.1, 0.15) is 0 Å². The van der Waals surface area contributed by atoms with Crippen molar-refractivity contribution in [3.8, 4) is 0 Å². The lowest BCUT2D eigenvalue weighted by atomic mass is 9.92. The second kappa shape index (κ2) is 4.37. The summed E-state index contributed by atoms with van der Waals surface area (Å²) < 4.78 is 0. The van der Waals surface area contributed by atoms with E-state index in [9.17, 15) is 4.79 Å². The fourth-order valence-electron chi connectivity index (χ4n) is 3.27. The van der Waals surface area contributed by atoms with Gasteiger partial charge in [-0.05, 0) is 36.1 Å². The average molecular weight is 264 g/mol. The van der Waals surface area contributed by atoms with Gasteiger partial charge in [0.25, 0.3) is 0 Å². The molecule has 0 aromatic heterocycles. The van der Waals surface area contributed by atoms with Gasteiger partial charge in [-0.1, -0.05) is 42.5 Å². The maximum atomic E-state index is 12.4. The van der Waals surface area contributed by atoms with E-state index in [1.165, 1.54) is 11.1 Å². The fourth-order valence-corrected chi connectivity index (χ4v) is 3.27. The molecule has 2 aromatic carbocycles. The molecule has 2 aromatic rings. The molecule has 2 aliphatic rings. The summed E-state index contributed by atoms with van der Waals surface area (Å²) in [4.78, 5) is 14.3. The normalized spacial score (nSPS) is 22.7. The van der Waals surface area contributed by atoms with E-state index in [0.717, 1.165) is 18.5 Å². The molecular formula is C17H16N2O. The molecule has 3 nitrogen and oxygen atoms in total. The summed E-state index contributed by atoms with van der Waals surface area (Å²) >= 11 is 0. The Labute approximate surface area is 118 Å². The van der Waals surface area contributed by atoms with E-state index < -0.39 is 0 Å². The van der Waals surface area contributed by atoms with Gasteiger partial charge in [0.15, 0.2) is 0 Å². The van der Waals surface area contributed by atoms with Crippen LogP contribution in [0.1, 0.15) is 23.6 Å².